The Hall–Kier alpha value is -3.27. The van der Waals surface area contributed by atoms with Crippen molar-refractivity contribution in [1.29, 1.82) is 0 Å². The number of hydrogen-bond acceptors (Lipinski definition) is 6. The Bertz CT molecular complexity index is 968. The summed E-state index contributed by atoms with van der Waals surface area (Å²) in [6.45, 7) is 1.61. The molecule has 2 N–H and O–H groups in total. The molecule has 0 unspecified atom stereocenters. The van der Waals surface area contributed by atoms with Crippen LogP contribution in [0.4, 0.5) is 11.4 Å². The highest BCUT2D eigenvalue weighted by molar-refractivity contribution is 7.92. The molecule has 0 aliphatic heterocycles. The van der Waals surface area contributed by atoms with Crippen molar-refractivity contribution in [3.63, 3.8) is 0 Å². The van der Waals surface area contributed by atoms with E-state index in [1.54, 1.807) is 13.0 Å². The third kappa shape index (κ3) is 5.38. The number of nitro benzene ring substituents is 1. The van der Waals surface area contributed by atoms with Gasteiger partial charge in [-0.05, 0) is 31.2 Å². The zero-order valence-electron chi connectivity index (χ0n) is 14.0. The molecule has 0 bridgehead atoms. The number of non-ortho nitro benzene ring substituents is 1. The molecule has 0 saturated carbocycles. The average molecular weight is 376 g/mol. The van der Waals surface area contributed by atoms with Crippen molar-refractivity contribution in [1.82, 2.24) is 5.43 Å². The molecule has 0 atom stereocenters. The third-order valence-corrected chi connectivity index (χ3v) is 3.86. The Kier molecular flexibility index (Phi) is 5.68. The molecular formula is C16H16N4O5S. The third-order valence-electron chi connectivity index (χ3n) is 3.25. The second kappa shape index (κ2) is 7.74. The van der Waals surface area contributed by atoms with E-state index in [1.165, 1.54) is 42.5 Å². The smallest absolute Gasteiger partial charge is 0.271 e. The van der Waals surface area contributed by atoms with E-state index >= 15 is 0 Å². The minimum absolute atomic E-state index is 0.0719. The predicted molar refractivity (Wildman–Crippen MR) is 97.7 cm³/mol. The van der Waals surface area contributed by atoms with E-state index in [0.29, 0.717) is 17.0 Å². The molecule has 10 heteroatoms. The SMILES string of the molecule is C/C(=N/NC(=O)c1ccc(NS(C)(=O)=O)cc1)c1cccc([N+](=O)[O-])c1. The number of hydrazone groups is 1. The van der Waals surface area contributed by atoms with Gasteiger partial charge in [0.1, 0.15) is 0 Å². The van der Waals surface area contributed by atoms with Gasteiger partial charge in [-0.3, -0.25) is 19.6 Å². The first kappa shape index (κ1) is 19.1. The second-order valence-electron chi connectivity index (χ2n) is 5.40. The monoisotopic (exact) mass is 376 g/mol. The number of rotatable bonds is 6. The predicted octanol–water partition coefficient (Wildman–Crippen LogP) is 2.12. The lowest BCUT2D eigenvalue weighted by Gasteiger charge is -2.06. The summed E-state index contributed by atoms with van der Waals surface area (Å²) in [4.78, 5) is 22.4. The van der Waals surface area contributed by atoms with Crippen LogP contribution in [0.25, 0.3) is 0 Å². The quantitative estimate of drug-likeness (QED) is 0.453. The van der Waals surface area contributed by atoms with E-state index in [-0.39, 0.29) is 11.3 Å². The van der Waals surface area contributed by atoms with Gasteiger partial charge in [0.05, 0.1) is 16.9 Å². The number of hydrogen-bond donors (Lipinski definition) is 2. The molecule has 2 aromatic rings. The Morgan fingerprint density at radius 1 is 1.12 bits per heavy atom. The van der Waals surface area contributed by atoms with Crippen molar-refractivity contribution < 1.29 is 18.1 Å². The fourth-order valence-corrected chi connectivity index (χ4v) is 2.58. The highest BCUT2D eigenvalue weighted by Crippen LogP contribution is 2.14. The molecule has 0 radical (unpaired) electrons. The van der Waals surface area contributed by atoms with Crippen LogP contribution in [0, 0.1) is 10.1 Å². The molecule has 0 aromatic heterocycles. The molecule has 2 aromatic carbocycles. The number of sulfonamides is 1. The van der Waals surface area contributed by atoms with Gasteiger partial charge in [0.2, 0.25) is 10.0 Å². The molecule has 0 spiro atoms. The summed E-state index contributed by atoms with van der Waals surface area (Å²) in [5.74, 6) is -0.499. The topological polar surface area (TPSA) is 131 Å². The Morgan fingerprint density at radius 2 is 1.77 bits per heavy atom. The van der Waals surface area contributed by atoms with Gasteiger partial charge in [0.25, 0.3) is 11.6 Å². The molecule has 26 heavy (non-hydrogen) atoms. The van der Waals surface area contributed by atoms with Crippen LogP contribution in [0.1, 0.15) is 22.8 Å². The molecule has 0 aliphatic carbocycles. The molecule has 1 amide bonds. The average Bonchev–Trinajstić information content (AvgIpc) is 2.58. The van der Waals surface area contributed by atoms with E-state index in [4.69, 9.17) is 0 Å². The maximum absolute atomic E-state index is 12.1. The largest absolute Gasteiger partial charge is 0.284 e. The Balaban J connectivity index is 2.08. The molecule has 0 fully saturated rings. The van der Waals surface area contributed by atoms with Gasteiger partial charge in [-0.1, -0.05) is 12.1 Å². The van der Waals surface area contributed by atoms with Crippen LogP contribution in [0.2, 0.25) is 0 Å². The van der Waals surface area contributed by atoms with Crippen LogP contribution < -0.4 is 10.1 Å². The lowest BCUT2D eigenvalue weighted by molar-refractivity contribution is -0.384. The van der Waals surface area contributed by atoms with Gasteiger partial charge in [-0.25, -0.2) is 13.8 Å². The molecule has 9 nitrogen and oxygen atoms in total. The fraction of sp³-hybridized carbons (Fsp3) is 0.125. The minimum atomic E-state index is -3.39. The van der Waals surface area contributed by atoms with Gasteiger partial charge in [0.15, 0.2) is 0 Å². The number of anilines is 1. The number of nitro groups is 1. The van der Waals surface area contributed by atoms with Gasteiger partial charge < -0.3 is 0 Å². The molecule has 136 valence electrons. The lowest BCUT2D eigenvalue weighted by Crippen LogP contribution is -2.19. The van der Waals surface area contributed by atoms with Crippen molar-refractivity contribution in [2.75, 3.05) is 11.0 Å². The summed E-state index contributed by atoms with van der Waals surface area (Å²) in [6, 6.07) is 11.7. The van der Waals surface area contributed by atoms with E-state index in [2.05, 4.69) is 15.2 Å². The van der Waals surface area contributed by atoms with Crippen LogP contribution in [0.5, 0.6) is 0 Å². The summed E-state index contributed by atoms with van der Waals surface area (Å²) in [6.07, 6.45) is 1.03. The summed E-state index contributed by atoms with van der Waals surface area (Å²) < 4.78 is 24.6. The summed E-state index contributed by atoms with van der Waals surface area (Å²) in [5.41, 5.74) is 3.80. The summed E-state index contributed by atoms with van der Waals surface area (Å²) in [5, 5.41) is 14.7. The Morgan fingerprint density at radius 3 is 2.35 bits per heavy atom. The number of benzene rings is 2. The summed E-state index contributed by atoms with van der Waals surface area (Å²) in [7, 11) is -3.39. The number of carbonyl (C=O) groups is 1. The minimum Gasteiger partial charge on any atom is -0.284 e. The van der Waals surface area contributed by atoms with E-state index in [0.717, 1.165) is 6.26 Å². The van der Waals surface area contributed by atoms with E-state index in [1.807, 2.05) is 0 Å². The van der Waals surface area contributed by atoms with Crippen LogP contribution in [0.15, 0.2) is 53.6 Å². The first-order chi connectivity index (χ1) is 12.2. The zero-order valence-corrected chi connectivity index (χ0v) is 14.8. The van der Waals surface area contributed by atoms with Gasteiger partial charge in [-0.2, -0.15) is 5.10 Å². The van der Waals surface area contributed by atoms with Crippen molar-refractivity contribution in [3.05, 3.63) is 69.8 Å². The Labute approximate surface area is 149 Å². The van der Waals surface area contributed by atoms with Crippen molar-refractivity contribution in [2.45, 2.75) is 6.92 Å². The normalized spacial score (nSPS) is 11.7. The summed E-state index contributed by atoms with van der Waals surface area (Å²) >= 11 is 0. The zero-order chi connectivity index (χ0) is 19.3. The standard InChI is InChI=1S/C16H16N4O5S/c1-11(13-4-3-5-15(10-13)20(22)23)17-18-16(21)12-6-8-14(9-7-12)19-26(2,24)25/h3-10,19H,1-2H3,(H,18,21)/b17-11-. The van der Waals surface area contributed by atoms with Crippen LogP contribution in [-0.2, 0) is 10.0 Å². The van der Waals surface area contributed by atoms with Crippen LogP contribution >= 0.6 is 0 Å². The van der Waals surface area contributed by atoms with Crippen molar-refractivity contribution in [2.24, 2.45) is 5.10 Å². The van der Waals surface area contributed by atoms with Crippen molar-refractivity contribution in [3.8, 4) is 0 Å². The molecular weight excluding hydrogens is 360 g/mol. The van der Waals surface area contributed by atoms with Crippen LogP contribution in [0.3, 0.4) is 0 Å². The number of amides is 1. The maximum atomic E-state index is 12.1. The van der Waals surface area contributed by atoms with Gasteiger partial charge >= 0.3 is 0 Å². The van der Waals surface area contributed by atoms with Crippen molar-refractivity contribution >= 4 is 33.0 Å². The number of nitrogens with one attached hydrogen (secondary N) is 2. The molecule has 2 rings (SSSR count). The molecule has 0 heterocycles. The number of nitrogens with zero attached hydrogens (tertiary/aromatic N) is 2. The second-order valence-corrected chi connectivity index (χ2v) is 7.15. The fourth-order valence-electron chi connectivity index (χ4n) is 2.01. The first-order valence-corrected chi connectivity index (χ1v) is 9.22. The molecule has 0 aliphatic rings. The van der Waals surface area contributed by atoms with Gasteiger partial charge in [-0.15, -0.1) is 0 Å². The highest BCUT2D eigenvalue weighted by atomic mass is 32.2. The van der Waals surface area contributed by atoms with Crippen LogP contribution in [-0.4, -0.2) is 31.2 Å². The van der Waals surface area contributed by atoms with Gasteiger partial charge in [0, 0.05) is 28.9 Å². The highest BCUT2D eigenvalue weighted by Gasteiger charge is 2.09. The maximum Gasteiger partial charge on any atom is 0.271 e. The molecule has 0 saturated heterocycles. The van der Waals surface area contributed by atoms with E-state index in [9.17, 15) is 23.3 Å². The number of carbonyl (C=O) groups excluding carboxylic acids is 1. The lowest BCUT2D eigenvalue weighted by atomic mass is 10.1. The van der Waals surface area contributed by atoms with E-state index < -0.39 is 20.9 Å². The first-order valence-electron chi connectivity index (χ1n) is 7.33.